The summed E-state index contributed by atoms with van der Waals surface area (Å²) in [6.07, 6.45) is 0.0586. The highest BCUT2D eigenvalue weighted by Gasteiger charge is 2.38. The molecule has 0 saturated heterocycles. The third-order valence-electron chi connectivity index (χ3n) is 9.40. The number of benzene rings is 3. The molecule has 3 aromatic carbocycles. The number of fused-ring (bicyclic) bond motifs is 3. The molecule has 0 radical (unpaired) electrons. The summed E-state index contributed by atoms with van der Waals surface area (Å²) in [6, 6.07) is 22.6. The van der Waals surface area contributed by atoms with Crippen LogP contribution in [0.1, 0.15) is 83.8 Å². The van der Waals surface area contributed by atoms with E-state index in [1.807, 2.05) is 71.0 Å². The summed E-state index contributed by atoms with van der Waals surface area (Å²) in [5.74, 6) is -1.07. The highest BCUT2D eigenvalue weighted by molar-refractivity contribution is 6.25. The summed E-state index contributed by atoms with van der Waals surface area (Å²) >= 11 is 0. The molecule has 0 atom stereocenters. The number of aliphatic hydroxyl groups excluding tert-OH is 1. The molecule has 0 heterocycles. The minimum Gasteiger partial charge on any atom is -0.511 e. The van der Waals surface area contributed by atoms with Crippen molar-refractivity contribution in [2.75, 3.05) is 26.2 Å². The number of esters is 1. The summed E-state index contributed by atoms with van der Waals surface area (Å²) in [7, 11) is 0. The Kier molecular flexibility index (Phi) is 12.9. The summed E-state index contributed by atoms with van der Waals surface area (Å²) in [6.45, 7) is 10.1. The number of carbonyl (C=O) groups is 5. The lowest BCUT2D eigenvalue weighted by Crippen LogP contribution is -2.34. The Morgan fingerprint density at radius 1 is 0.782 bits per heavy atom. The number of amides is 3. The van der Waals surface area contributed by atoms with Gasteiger partial charge in [0, 0.05) is 56.7 Å². The highest BCUT2D eigenvalue weighted by Crippen LogP contribution is 2.44. The maximum atomic E-state index is 13.0. The zero-order valence-corrected chi connectivity index (χ0v) is 32.1. The minimum atomic E-state index is -0.610. The van der Waals surface area contributed by atoms with Gasteiger partial charge in [0.1, 0.15) is 18.1 Å². The van der Waals surface area contributed by atoms with Crippen LogP contribution in [0.25, 0.3) is 11.1 Å². The standard InChI is InChI=1S/C43H50N4O8/c1-42(2,3)40(39-34(48)24-43(4,5)25-35(39)49)47-27-14-16-28(17-15-27)55-38(52)20-23-45-36(50)18-21-44-37(51)19-22-46-41(53)54-26-33-31-12-8-6-10-29(31)30-11-7-9-13-32(30)33/h6-17,33,48H,18-26H2,1-5H3,(H,44,51)(H,45,50)(H,46,53). The van der Waals surface area contributed by atoms with Crippen LogP contribution in [-0.2, 0) is 23.9 Å². The van der Waals surface area contributed by atoms with Crippen LogP contribution in [0.2, 0.25) is 0 Å². The number of carbonyl (C=O) groups excluding carboxylic acids is 5. The van der Waals surface area contributed by atoms with Crippen molar-refractivity contribution >= 4 is 41.1 Å². The van der Waals surface area contributed by atoms with E-state index in [1.54, 1.807) is 24.3 Å². The molecule has 5 rings (SSSR count). The lowest BCUT2D eigenvalue weighted by atomic mass is 9.72. The molecule has 12 nitrogen and oxygen atoms in total. The Hall–Kier alpha value is -5.78. The number of alkyl carbamates (subject to hydrolysis) is 1. The molecule has 4 N–H and O–H groups in total. The zero-order valence-electron chi connectivity index (χ0n) is 32.1. The van der Waals surface area contributed by atoms with Gasteiger partial charge < -0.3 is 30.5 Å². The molecule has 0 unspecified atom stereocenters. The van der Waals surface area contributed by atoms with Gasteiger partial charge in [0.15, 0.2) is 5.78 Å². The van der Waals surface area contributed by atoms with E-state index in [1.165, 1.54) is 0 Å². The van der Waals surface area contributed by atoms with Gasteiger partial charge in [-0.3, -0.25) is 24.2 Å². The van der Waals surface area contributed by atoms with E-state index in [2.05, 4.69) is 28.1 Å². The monoisotopic (exact) mass is 750 g/mol. The fourth-order valence-corrected chi connectivity index (χ4v) is 6.78. The van der Waals surface area contributed by atoms with Crippen molar-refractivity contribution in [3.8, 4) is 16.9 Å². The molecule has 290 valence electrons. The molecule has 2 aliphatic carbocycles. The van der Waals surface area contributed by atoms with E-state index in [9.17, 15) is 29.1 Å². The predicted octanol–water partition coefficient (Wildman–Crippen LogP) is 6.85. The van der Waals surface area contributed by atoms with E-state index in [4.69, 9.17) is 14.5 Å². The van der Waals surface area contributed by atoms with Crippen LogP contribution < -0.4 is 20.7 Å². The number of Topliss-reactive ketones (excluding diaryl/α,β-unsaturated/α-hetero) is 1. The first-order valence-electron chi connectivity index (χ1n) is 18.6. The molecule has 0 aromatic heterocycles. The smallest absolute Gasteiger partial charge is 0.407 e. The van der Waals surface area contributed by atoms with E-state index < -0.39 is 17.5 Å². The first-order chi connectivity index (χ1) is 26.1. The maximum absolute atomic E-state index is 13.0. The lowest BCUT2D eigenvalue weighted by Gasteiger charge is -2.33. The largest absolute Gasteiger partial charge is 0.511 e. The van der Waals surface area contributed by atoms with Crippen molar-refractivity contribution in [1.29, 1.82) is 0 Å². The van der Waals surface area contributed by atoms with Gasteiger partial charge in [0.05, 0.1) is 23.4 Å². The SMILES string of the molecule is CC1(C)CC(=O)C(C(=Nc2ccc(OC(=O)CCNC(=O)CCNC(=O)CCNC(=O)OCC3c4ccccc4-c4ccccc43)cc2)C(C)(C)C)=C(O)C1. The fourth-order valence-electron chi connectivity index (χ4n) is 6.78. The number of aliphatic imine (C=N–C) groups is 1. The molecule has 0 fully saturated rings. The first kappa shape index (κ1) is 40.4. The van der Waals surface area contributed by atoms with Crippen LogP contribution in [0.4, 0.5) is 10.5 Å². The summed E-state index contributed by atoms with van der Waals surface area (Å²) in [5.41, 5.74) is 4.96. The number of nitrogens with one attached hydrogen (secondary N) is 3. The number of allylic oxidation sites excluding steroid dienone is 2. The molecule has 0 saturated carbocycles. The first-order valence-corrected chi connectivity index (χ1v) is 18.6. The van der Waals surface area contributed by atoms with Crippen molar-refractivity contribution in [3.05, 3.63) is 95.3 Å². The number of rotatable bonds is 14. The molecule has 12 heteroatoms. The summed E-state index contributed by atoms with van der Waals surface area (Å²) in [5, 5.41) is 18.7. The Morgan fingerprint density at radius 2 is 1.33 bits per heavy atom. The summed E-state index contributed by atoms with van der Waals surface area (Å²) in [4.78, 5) is 67.0. The lowest BCUT2D eigenvalue weighted by molar-refractivity contribution is -0.134. The molecule has 3 amide bonds. The number of aliphatic hydroxyl groups is 1. The number of hydrogen-bond donors (Lipinski definition) is 4. The zero-order chi connectivity index (χ0) is 39.8. The second-order valence-corrected chi connectivity index (χ2v) is 15.6. The van der Waals surface area contributed by atoms with Gasteiger partial charge >= 0.3 is 12.1 Å². The Bertz CT molecular complexity index is 1950. The molecular formula is C43H50N4O8. The molecule has 0 spiro atoms. The molecular weight excluding hydrogens is 700 g/mol. The third-order valence-corrected chi connectivity index (χ3v) is 9.40. The van der Waals surface area contributed by atoms with Gasteiger partial charge in [-0.05, 0) is 51.9 Å². The Labute approximate surface area is 321 Å². The molecule has 0 aliphatic heterocycles. The third kappa shape index (κ3) is 10.9. The molecule has 55 heavy (non-hydrogen) atoms. The quantitative estimate of drug-likeness (QED) is 0.0787. The maximum Gasteiger partial charge on any atom is 0.407 e. The van der Waals surface area contributed by atoms with Crippen LogP contribution in [-0.4, -0.2) is 66.7 Å². The topological polar surface area (TPSA) is 172 Å². The molecule has 0 bridgehead atoms. The van der Waals surface area contributed by atoms with Crippen LogP contribution in [0, 0.1) is 10.8 Å². The average Bonchev–Trinajstić information content (AvgIpc) is 3.43. The van der Waals surface area contributed by atoms with Crippen molar-refractivity contribution in [3.63, 3.8) is 0 Å². The van der Waals surface area contributed by atoms with Crippen LogP contribution >= 0.6 is 0 Å². The van der Waals surface area contributed by atoms with Crippen molar-refractivity contribution in [2.24, 2.45) is 15.8 Å². The second-order valence-electron chi connectivity index (χ2n) is 15.6. The Balaban J connectivity index is 0.960. The number of nitrogens with zero attached hydrogens (tertiary/aromatic N) is 1. The van der Waals surface area contributed by atoms with Gasteiger partial charge in [0.2, 0.25) is 11.8 Å². The predicted molar refractivity (Wildman–Crippen MR) is 209 cm³/mol. The van der Waals surface area contributed by atoms with Gasteiger partial charge in [-0.2, -0.15) is 0 Å². The average molecular weight is 751 g/mol. The van der Waals surface area contributed by atoms with Crippen LogP contribution in [0.5, 0.6) is 5.75 Å². The second kappa shape index (κ2) is 17.6. The van der Waals surface area contributed by atoms with E-state index in [0.717, 1.165) is 22.3 Å². The van der Waals surface area contributed by atoms with Crippen molar-refractivity contribution in [1.82, 2.24) is 16.0 Å². The number of hydrogen-bond acceptors (Lipinski definition) is 9. The van der Waals surface area contributed by atoms with Gasteiger partial charge in [-0.25, -0.2) is 4.79 Å². The van der Waals surface area contributed by atoms with E-state index >= 15 is 0 Å². The van der Waals surface area contributed by atoms with Gasteiger partial charge in [-0.1, -0.05) is 83.1 Å². The summed E-state index contributed by atoms with van der Waals surface area (Å²) < 4.78 is 10.9. The Morgan fingerprint density at radius 3 is 1.89 bits per heavy atom. The van der Waals surface area contributed by atoms with E-state index in [0.29, 0.717) is 30.0 Å². The minimum absolute atomic E-state index is 0.0111. The van der Waals surface area contributed by atoms with Crippen molar-refractivity contribution < 1.29 is 38.6 Å². The van der Waals surface area contributed by atoms with Crippen LogP contribution in [0.3, 0.4) is 0 Å². The fraction of sp³-hybridized carbons (Fsp3) is 0.395. The van der Waals surface area contributed by atoms with Crippen molar-refractivity contribution in [2.45, 2.75) is 72.6 Å². The molecule has 2 aliphatic rings. The normalized spacial score (nSPS) is 15.1. The van der Waals surface area contributed by atoms with Gasteiger partial charge in [0.25, 0.3) is 0 Å². The van der Waals surface area contributed by atoms with Gasteiger partial charge in [-0.15, -0.1) is 0 Å². The van der Waals surface area contributed by atoms with E-state index in [-0.39, 0.29) is 85.8 Å². The number of ether oxygens (including phenoxy) is 2. The molecule has 3 aromatic rings. The highest BCUT2D eigenvalue weighted by atomic mass is 16.5. The number of ketones is 1. The van der Waals surface area contributed by atoms with Crippen LogP contribution in [0.15, 0.2) is 89.1 Å².